The number of carbonyl (C=O) groups is 3. The number of nitrogens with zero attached hydrogens (tertiary/aromatic N) is 3. The molecule has 0 spiro atoms. The van der Waals surface area contributed by atoms with E-state index in [1.165, 1.54) is 9.13 Å². The first-order chi connectivity index (χ1) is 16.0. The Hall–Kier alpha value is -3.54. The zero-order valence-corrected chi connectivity index (χ0v) is 20.0. The van der Waals surface area contributed by atoms with Gasteiger partial charge < -0.3 is 9.64 Å². The van der Waals surface area contributed by atoms with Crippen LogP contribution in [0.5, 0.6) is 0 Å². The summed E-state index contributed by atoms with van der Waals surface area (Å²) in [4.78, 5) is 50.7. The first-order valence-electron chi connectivity index (χ1n) is 11.6. The van der Waals surface area contributed by atoms with Crippen molar-refractivity contribution in [2.24, 2.45) is 13.0 Å². The Labute approximate surface area is 198 Å². The molecule has 1 aromatic heterocycles. The Kier molecular flexibility index (Phi) is 6.26. The minimum absolute atomic E-state index is 0.172. The van der Waals surface area contributed by atoms with Crippen LogP contribution in [0.1, 0.15) is 58.1 Å². The first-order valence-corrected chi connectivity index (χ1v) is 11.6. The Balaban J connectivity index is 1.49. The largest absolute Gasteiger partial charge is 0.444 e. The van der Waals surface area contributed by atoms with Gasteiger partial charge in [-0.05, 0) is 58.2 Å². The van der Waals surface area contributed by atoms with E-state index in [0.717, 1.165) is 18.4 Å². The maximum absolute atomic E-state index is 12.9. The van der Waals surface area contributed by atoms with Gasteiger partial charge in [0.25, 0.3) is 0 Å². The first kappa shape index (κ1) is 23.6. The number of ether oxygens (including phenoxy) is 1. The van der Waals surface area contributed by atoms with Gasteiger partial charge in [-0.1, -0.05) is 11.8 Å². The molecule has 3 heterocycles. The predicted molar refractivity (Wildman–Crippen MR) is 126 cm³/mol. The number of nitrogens with one attached hydrogen (secondary N) is 1. The molecule has 3 amide bonds. The van der Waals surface area contributed by atoms with Crippen LogP contribution in [-0.2, 0) is 21.4 Å². The van der Waals surface area contributed by atoms with Gasteiger partial charge >= 0.3 is 11.8 Å². The molecule has 1 aromatic carbocycles. The molecule has 2 saturated heterocycles. The lowest BCUT2D eigenvalue weighted by Crippen LogP contribution is -2.44. The number of rotatable bonds is 1. The lowest BCUT2D eigenvalue weighted by atomic mass is 9.97. The van der Waals surface area contributed by atoms with Crippen LogP contribution in [-0.4, -0.2) is 50.6 Å². The molecule has 1 atom stereocenters. The quantitative estimate of drug-likeness (QED) is 0.513. The van der Waals surface area contributed by atoms with Crippen molar-refractivity contribution in [3.8, 4) is 11.8 Å². The minimum atomic E-state index is -0.707. The fourth-order valence-corrected chi connectivity index (χ4v) is 4.39. The second kappa shape index (κ2) is 9.01. The van der Waals surface area contributed by atoms with Gasteiger partial charge in [0.2, 0.25) is 11.8 Å². The summed E-state index contributed by atoms with van der Waals surface area (Å²) in [5, 5.41) is 2.32. The van der Waals surface area contributed by atoms with Crippen molar-refractivity contribution in [3.05, 3.63) is 34.2 Å². The number of hydrogen-bond donors (Lipinski definition) is 1. The lowest BCUT2D eigenvalue weighted by Gasteiger charge is -2.31. The molecule has 4 rings (SSSR count). The molecule has 1 N–H and O–H groups in total. The maximum Gasteiger partial charge on any atom is 0.410 e. The molecule has 0 saturated carbocycles. The van der Waals surface area contributed by atoms with Gasteiger partial charge in [-0.15, -0.1) is 0 Å². The van der Waals surface area contributed by atoms with E-state index in [1.54, 1.807) is 18.0 Å². The molecule has 0 bridgehead atoms. The van der Waals surface area contributed by atoms with Crippen LogP contribution < -0.4 is 11.0 Å². The normalized spacial score (nSPS) is 19.5. The number of carbonyl (C=O) groups excluding carboxylic acids is 3. The zero-order chi connectivity index (χ0) is 24.6. The molecule has 2 aliphatic rings. The highest BCUT2D eigenvalue weighted by atomic mass is 16.6. The number of amides is 3. The molecule has 0 aliphatic carbocycles. The minimum Gasteiger partial charge on any atom is -0.444 e. The van der Waals surface area contributed by atoms with Crippen molar-refractivity contribution in [2.45, 2.75) is 58.1 Å². The van der Waals surface area contributed by atoms with E-state index in [1.807, 2.05) is 32.9 Å². The predicted octanol–water partition coefficient (Wildman–Crippen LogP) is 2.32. The summed E-state index contributed by atoms with van der Waals surface area (Å²) in [5.74, 6) is 5.91. The molecule has 9 heteroatoms. The monoisotopic (exact) mass is 466 g/mol. The third-order valence-corrected chi connectivity index (χ3v) is 6.18. The van der Waals surface area contributed by atoms with Crippen LogP contribution in [0.3, 0.4) is 0 Å². The van der Waals surface area contributed by atoms with Crippen LogP contribution in [0.15, 0.2) is 23.0 Å². The summed E-state index contributed by atoms with van der Waals surface area (Å²) in [7, 11) is 1.66. The van der Waals surface area contributed by atoms with E-state index in [9.17, 15) is 19.2 Å². The van der Waals surface area contributed by atoms with Gasteiger partial charge in [0.05, 0.1) is 11.0 Å². The molecule has 2 aromatic rings. The van der Waals surface area contributed by atoms with Crippen LogP contribution in [0.2, 0.25) is 0 Å². The molecular formula is C25H30N4O5. The Bertz CT molecular complexity index is 1260. The zero-order valence-electron chi connectivity index (χ0n) is 20.0. The lowest BCUT2D eigenvalue weighted by molar-refractivity contribution is -0.135. The molecule has 2 aliphatic heterocycles. The van der Waals surface area contributed by atoms with Gasteiger partial charge in [-0.3, -0.25) is 24.0 Å². The number of imidazole rings is 1. The van der Waals surface area contributed by atoms with E-state index in [-0.39, 0.29) is 30.0 Å². The van der Waals surface area contributed by atoms with E-state index < -0.39 is 17.6 Å². The summed E-state index contributed by atoms with van der Waals surface area (Å²) in [6.07, 6.45) is 1.77. The van der Waals surface area contributed by atoms with Crippen molar-refractivity contribution < 1.29 is 19.1 Å². The van der Waals surface area contributed by atoms with Crippen molar-refractivity contribution in [1.29, 1.82) is 0 Å². The van der Waals surface area contributed by atoms with E-state index in [0.29, 0.717) is 30.5 Å². The number of hydrogen-bond acceptors (Lipinski definition) is 5. The highest BCUT2D eigenvalue weighted by Crippen LogP contribution is 2.24. The third kappa shape index (κ3) is 4.86. The second-order valence-electron chi connectivity index (χ2n) is 9.89. The SMILES string of the molecule is Cn1c(=O)n(C2CCC(=O)NC2=O)c2ccc(C#CC3CCN(C(=O)OC(C)(C)C)CC3)cc21. The average molecular weight is 467 g/mol. The standard InChI is InChI=1S/C25H30N4O5/c1-25(2,3)34-24(33)28-13-11-16(12-14-28)5-6-17-7-8-18-20(15-17)27(4)23(32)29(18)19-9-10-21(30)26-22(19)31/h7-8,15-16,19H,9-14H2,1-4H3,(H,26,30,31). The van der Waals surface area contributed by atoms with Gasteiger partial charge in [-0.25, -0.2) is 9.59 Å². The van der Waals surface area contributed by atoms with E-state index in [2.05, 4.69) is 17.2 Å². The van der Waals surface area contributed by atoms with Crippen LogP contribution >= 0.6 is 0 Å². The molecule has 9 nitrogen and oxygen atoms in total. The van der Waals surface area contributed by atoms with E-state index in [4.69, 9.17) is 4.74 Å². The van der Waals surface area contributed by atoms with Crippen molar-refractivity contribution in [3.63, 3.8) is 0 Å². The maximum atomic E-state index is 12.9. The molecule has 0 radical (unpaired) electrons. The smallest absolute Gasteiger partial charge is 0.410 e. The summed E-state index contributed by atoms with van der Waals surface area (Å²) in [6, 6.07) is 4.78. The highest BCUT2D eigenvalue weighted by molar-refractivity contribution is 6.00. The molecule has 34 heavy (non-hydrogen) atoms. The van der Waals surface area contributed by atoms with Crippen molar-refractivity contribution in [2.75, 3.05) is 13.1 Å². The Morgan fingerprint density at radius 3 is 2.44 bits per heavy atom. The Morgan fingerprint density at radius 1 is 1.09 bits per heavy atom. The van der Waals surface area contributed by atoms with Crippen molar-refractivity contribution >= 4 is 28.9 Å². The van der Waals surface area contributed by atoms with Crippen molar-refractivity contribution in [1.82, 2.24) is 19.4 Å². The number of fused-ring (bicyclic) bond motifs is 1. The molecule has 180 valence electrons. The highest BCUT2D eigenvalue weighted by Gasteiger charge is 2.31. The Morgan fingerprint density at radius 2 is 1.79 bits per heavy atom. The fourth-order valence-electron chi connectivity index (χ4n) is 4.39. The topological polar surface area (TPSA) is 103 Å². The average Bonchev–Trinajstić information content (AvgIpc) is 3.01. The molecule has 2 fully saturated rings. The number of imide groups is 1. The summed E-state index contributed by atoms with van der Waals surface area (Å²) >= 11 is 0. The number of aromatic nitrogens is 2. The summed E-state index contributed by atoms with van der Waals surface area (Å²) < 4.78 is 8.40. The van der Waals surface area contributed by atoms with Crippen LogP contribution in [0.25, 0.3) is 11.0 Å². The van der Waals surface area contributed by atoms with Crippen LogP contribution in [0, 0.1) is 17.8 Å². The van der Waals surface area contributed by atoms with Gasteiger partial charge in [0, 0.05) is 38.0 Å². The molecule has 1 unspecified atom stereocenters. The van der Waals surface area contributed by atoms with E-state index >= 15 is 0 Å². The van der Waals surface area contributed by atoms with Crippen LogP contribution in [0.4, 0.5) is 4.79 Å². The van der Waals surface area contributed by atoms with Gasteiger partial charge in [0.15, 0.2) is 0 Å². The fraction of sp³-hybridized carbons (Fsp3) is 0.520. The number of piperidine rings is 2. The number of benzene rings is 1. The summed E-state index contributed by atoms with van der Waals surface area (Å²) in [5.41, 5.74) is 1.28. The van der Waals surface area contributed by atoms with Gasteiger partial charge in [-0.2, -0.15) is 0 Å². The van der Waals surface area contributed by atoms with Gasteiger partial charge in [0.1, 0.15) is 11.6 Å². The number of aryl methyl sites for hydroxylation is 1. The second-order valence-corrected chi connectivity index (χ2v) is 9.89. The number of likely N-dealkylation sites (tertiary alicyclic amines) is 1. The summed E-state index contributed by atoms with van der Waals surface area (Å²) in [6.45, 7) is 6.78. The third-order valence-electron chi connectivity index (χ3n) is 6.18. The molecular weight excluding hydrogens is 436 g/mol.